The average molecular weight is 342 g/mol. The van der Waals surface area contributed by atoms with Crippen LogP contribution in [0.4, 0.5) is 0 Å². The summed E-state index contributed by atoms with van der Waals surface area (Å²) in [5.41, 5.74) is 3.52. The first-order chi connectivity index (χ1) is 11.8. The molecule has 2 aromatic carbocycles. The van der Waals surface area contributed by atoms with Gasteiger partial charge in [-0.15, -0.1) is 0 Å². The Bertz CT molecular complexity index is 784. The zero-order valence-electron chi connectivity index (χ0n) is 14.1. The van der Waals surface area contributed by atoms with E-state index in [0.29, 0.717) is 6.61 Å². The van der Waals surface area contributed by atoms with Crippen molar-refractivity contribution in [2.24, 2.45) is 0 Å². The lowest BCUT2D eigenvalue weighted by Gasteiger charge is -2.08. The predicted octanol–water partition coefficient (Wildman–Crippen LogP) is 4.03. The molecular formula is C19H22N2O2S. The number of imidazole rings is 1. The van der Waals surface area contributed by atoms with Crippen molar-refractivity contribution < 1.29 is 9.47 Å². The Morgan fingerprint density at radius 3 is 2.58 bits per heavy atom. The molecule has 0 amide bonds. The third-order valence-corrected chi connectivity index (χ3v) is 4.90. The van der Waals surface area contributed by atoms with Gasteiger partial charge in [0.15, 0.2) is 5.16 Å². The van der Waals surface area contributed by atoms with Gasteiger partial charge in [-0.3, -0.25) is 0 Å². The molecule has 0 spiro atoms. The summed E-state index contributed by atoms with van der Waals surface area (Å²) in [7, 11) is 3.42. The summed E-state index contributed by atoms with van der Waals surface area (Å²) in [6.45, 7) is 1.51. The van der Waals surface area contributed by atoms with E-state index in [9.17, 15) is 0 Å². The lowest BCUT2D eigenvalue weighted by Crippen LogP contribution is -2.05. The molecule has 0 saturated carbocycles. The van der Waals surface area contributed by atoms with Crippen molar-refractivity contribution in [1.82, 2.24) is 9.55 Å². The second-order valence-electron chi connectivity index (χ2n) is 5.47. The van der Waals surface area contributed by atoms with Crippen molar-refractivity contribution in [2.45, 2.75) is 18.1 Å². The highest BCUT2D eigenvalue weighted by atomic mass is 32.2. The van der Waals surface area contributed by atoms with Crippen LogP contribution >= 0.6 is 11.8 Å². The third kappa shape index (κ3) is 3.91. The molecule has 0 aliphatic heterocycles. The molecule has 1 heterocycles. The van der Waals surface area contributed by atoms with E-state index in [1.54, 1.807) is 26.0 Å². The Balaban J connectivity index is 1.69. The number of para-hydroxylation sites is 2. The fourth-order valence-electron chi connectivity index (χ4n) is 2.61. The van der Waals surface area contributed by atoms with Gasteiger partial charge in [-0.1, -0.05) is 36.0 Å². The van der Waals surface area contributed by atoms with E-state index in [4.69, 9.17) is 14.5 Å². The van der Waals surface area contributed by atoms with Gasteiger partial charge in [0.05, 0.1) is 24.8 Å². The number of fused-ring (bicyclic) bond motifs is 1. The van der Waals surface area contributed by atoms with Crippen LogP contribution in [0.3, 0.4) is 0 Å². The highest BCUT2D eigenvalue weighted by molar-refractivity contribution is 7.99. The van der Waals surface area contributed by atoms with Crippen LogP contribution in [0.15, 0.2) is 53.7 Å². The Morgan fingerprint density at radius 1 is 1.04 bits per heavy atom. The quantitative estimate of drug-likeness (QED) is 0.579. The minimum atomic E-state index is 0.687. The first-order valence-corrected chi connectivity index (χ1v) is 9.00. The third-order valence-electron chi connectivity index (χ3n) is 3.92. The topological polar surface area (TPSA) is 36.3 Å². The van der Waals surface area contributed by atoms with E-state index in [2.05, 4.69) is 34.9 Å². The molecule has 0 atom stereocenters. The number of aryl methyl sites for hydroxylation is 1. The molecule has 126 valence electrons. The summed E-state index contributed by atoms with van der Waals surface area (Å²) < 4.78 is 12.7. The normalized spacial score (nSPS) is 11.1. The summed E-state index contributed by atoms with van der Waals surface area (Å²) in [6.07, 6.45) is 1.00. The smallest absolute Gasteiger partial charge is 0.169 e. The second kappa shape index (κ2) is 8.22. The Hall–Kier alpha value is -1.98. The van der Waals surface area contributed by atoms with Gasteiger partial charge in [0.2, 0.25) is 0 Å². The summed E-state index contributed by atoms with van der Waals surface area (Å²) in [5.74, 6) is 1.88. The standard InChI is InChI=1S/C19H22N2O2S/c1-22-13-12-21-18-6-4-3-5-17(18)20-19(21)24-14-11-15-7-9-16(23-2)10-8-15/h3-10H,11-14H2,1-2H3. The Morgan fingerprint density at radius 2 is 1.83 bits per heavy atom. The van der Waals surface area contributed by atoms with Gasteiger partial charge < -0.3 is 14.0 Å². The summed E-state index contributed by atoms with van der Waals surface area (Å²) >= 11 is 1.79. The molecule has 0 aliphatic rings. The molecule has 0 fully saturated rings. The van der Waals surface area contributed by atoms with Crippen LogP contribution in [0.25, 0.3) is 11.0 Å². The number of methoxy groups -OCH3 is 2. The molecular weight excluding hydrogens is 320 g/mol. The van der Waals surface area contributed by atoms with Crippen molar-refractivity contribution in [1.29, 1.82) is 0 Å². The average Bonchev–Trinajstić information content (AvgIpc) is 2.98. The first-order valence-electron chi connectivity index (χ1n) is 8.02. The van der Waals surface area contributed by atoms with Crippen molar-refractivity contribution >= 4 is 22.8 Å². The monoisotopic (exact) mass is 342 g/mol. The second-order valence-corrected chi connectivity index (χ2v) is 6.54. The maximum Gasteiger partial charge on any atom is 0.169 e. The van der Waals surface area contributed by atoms with Gasteiger partial charge in [0, 0.05) is 19.4 Å². The van der Waals surface area contributed by atoms with Crippen LogP contribution in [0.1, 0.15) is 5.56 Å². The fraction of sp³-hybridized carbons (Fsp3) is 0.316. The lowest BCUT2D eigenvalue weighted by molar-refractivity contribution is 0.186. The minimum Gasteiger partial charge on any atom is -0.497 e. The molecule has 0 unspecified atom stereocenters. The Labute approximate surface area is 146 Å². The number of rotatable bonds is 8. The molecule has 3 aromatic rings. The minimum absolute atomic E-state index is 0.687. The van der Waals surface area contributed by atoms with Crippen LogP contribution in [0, 0.1) is 0 Å². The van der Waals surface area contributed by atoms with Gasteiger partial charge in [0.25, 0.3) is 0 Å². The van der Waals surface area contributed by atoms with Crippen molar-refractivity contribution in [3.05, 3.63) is 54.1 Å². The van der Waals surface area contributed by atoms with Gasteiger partial charge in [-0.05, 0) is 36.2 Å². The van der Waals surface area contributed by atoms with E-state index in [1.165, 1.54) is 11.1 Å². The summed E-state index contributed by atoms with van der Waals surface area (Å²) in [6, 6.07) is 16.5. The SMILES string of the molecule is COCCn1c(SCCc2ccc(OC)cc2)nc2ccccc21. The molecule has 0 N–H and O–H groups in total. The molecule has 5 heteroatoms. The number of nitrogens with zero attached hydrogens (tertiary/aromatic N) is 2. The van der Waals surface area contributed by atoms with Gasteiger partial charge in [0.1, 0.15) is 5.75 Å². The van der Waals surface area contributed by atoms with E-state index >= 15 is 0 Å². The number of hydrogen-bond acceptors (Lipinski definition) is 4. The summed E-state index contributed by atoms with van der Waals surface area (Å²) in [5, 5.41) is 1.06. The number of ether oxygens (including phenoxy) is 2. The predicted molar refractivity (Wildman–Crippen MR) is 99.0 cm³/mol. The van der Waals surface area contributed by atoms with Crippen molar-refractivity contribution in [3.8, 4) is 5.75 Å². The molecule has 0 aliphatic carbocycles. The van der Waals surface area contributed by atoms with Crippen LogP contribution < -0.4 is 4.74 Å². The van der Waals surface area contributed by atoms with Crippen LogP contribution in [-0.2, 0) is 17.7 Å². The molecule has 0 saturated heterocycles. The molecule has 24 heavy (non-hydrogen) atoms. The zero-order chi connectivity index (χ0) is 16.8. The highest BCUT2D eigenvalue weighted by Gasteiger charge is 2.10. The van der Waals surface area contributed by atoms with Crippen molar-refractivity contribution in [3.63, 3.8) is 0 Å². The van der Waals surface area contributed by atoms with E-state index in [-0.39, 0.29) is 0 Å². The molecule has 1 aromatic heterocycles. The number of thioether (sulfide) groups is 1. The maximum atomic E-state index is 5.24. The zero-order valence-corrected chi connectivity index (χ0v) is 14.9. The van der Waals surface area contributed by atoms with E-state index < -0.39 is 0 Å². The van der Waals surface area contributed by atoms with Crippen LogP contribution in [0.5, 0.6) is 5.75 Å². The number of hydrogen-bond donors (Lipinski definition) is 0. The first kappa shape index (κ1) is 16.9. The van der Waals surface area contributed by atoms with E-state index in [1.807, 2.05) is 18.2 Å². The van der Waals surface area contributed by atoms with Crippen molar-refractivity contribution in [2.75, 3.05) is 26.6 Å². The maximum absolute atomic E-state index is 5.24. The van der Waals surface area contributed by atoms with Crippen LogP contribution in [0.2, 0.25) is 0 Å². The Kier molecular flexibility index (Phi) is 5.77. The van der Waals surface area contributed by atoms with Gasteiger partial charge in [-0.2, -0.15) is 0 Å². The fourth-order valence-corrected chi connectivity index (χ4v) is 3.64. The summed E-state index contributed by atoms with van der Waals surface area (Å²) in [4.78, 5) is 4.77. The largest absolute Gasteiger partial charge is 0.497 e. The lowest BCUT2D eigenvalue weighted by atomic mass is 10.2. The highest BCUT2D eigenvalue weighted by Crippen LogP contribution is 2.25. The van der Waals surface area contributed by atoms with Gasteiger partial charge >= 0.3 is 0 Å². The molecule has 0 bridgehead atoms. The number of benzene rings is 2. The van der Waals surface area contributed by atoms with E-state index in [0.717, 1.165) is 35.1 Å². The molecule has 4 nitrogen and oxygen atoms in total. The number of aromatic nitrogens is 2. The van der Waals surface area contributed by atoms with Crippen LogP contribution in [-0.4, -0.2) is 36.1 Å². The van der Waals surface area contributed by atoms with Gasteiger partial charge in [-0.25, -0.2) is 4.98 Å². The molecule has 3 rings (SSSR count). The molecule has 0 radical (unpaired) electrons.